The molecule has 0 bridgehead atoms. The minimum absolute atomic E-state index is 0.456. The van der Waals surface area contributed by atoms with E-state index in [1.54, 1.807) is 19.4 Å². The molecule has 0 N–H and O–H groups in total. The number of nitrogens with zero attached hydrogens (tertiary/aromatic N) is 4. The number of halogens is 1. The van der Waals surface area contributed by atoms with E-state index in [0.29, 0.717) is 28.9 Å². The third-order valence-corrected chi connectivity index (χ3v) is 4.66. The summed E-state index contributed by atoms with van der Waals surface area (Å²) in [5.74, 6) is 1.75. The van der Waals surface area contributed by atoms with Gasteiger partial charge in [0.05, 0.1) is 19.2 Å². The molecule has 0 spiro atoms. The third kappa shape index (κ3) is 3.57. The zero-order valence-corrected chi connectivity index (χ0v) is 15.6. The van der Waals surface area contributed by atoms with Crippen molar-refractivity contribution in [2.75, 3.05) is 7.11 Å². The molecule has 2 aromatic carbocycles. The summed E-state index contributed by atoms with van der Waals surface area (Å²) in [5, 5.41) is 8.93. The minimum atomic E-state index is 0.456. The Balaban J connectivity index is 1.59. The highest BCUT2D eigenvalue weighted by Gasteiger charge is 2.13. The molecule has 0 saturated carbocycles. The van der Waals surface area contributed by atoms with Gasteiger partial charge < -0.3 is 9.26 Å². The van der Waals surface area contributed by atoms with Gasteiger partial charge in [0.25, 0.3) is 0 Å². The van der Waals surface area contributed by atoms with Crippen molar-refractivity contribution in [1.29, 1.82) is 0 Å². The van der Waals surface area contributed by atoms with Crippen molar-refractivity contribution in [1.82, 2.24) is 19.9 Å². The first-order chi connectivity index (χ1) is 13.1. The first-order valence-corrected chi connectivity index (χ1v) is 8.75. The predicted molar refractivity (Wildman–Crippen MR) is 103 cm³/mol. The van der Waals surface area contributed by atoms with Crippen LogP contribution in [0.3, 0.4) is 0 Å². The summed E-state index contributed by atoms with van der Waals surface area (Å²) in [5.41, 5.74) is 3.84. The lowest BCUT2D eigenvalue weighted by atomic mass is 10.1. The Kier molecular flexibility index (Phi) is 4.64. The molecule has 136 valence electrons. The molecule has 4 aromatic rings. The van der Waals surface area contributed by atoms with Gasteiger partial charge in [-0.1, -0.05) is 41.0 Å². The molecule has 0 amide bonds. The second-order valence-corrected chi connectivity index (χ2v) is 6.47. The third-order valence-electron chi connectivity index (χ3n) is 4.31. The number of benzene rings is 2. The lowest BCUT2D eigenvalue weighted by Gasteiger charge is -2.04. The van der Waals surface area contributed by atoms with E-state index in [-0.39, 0.29) is 0 Å². The number of ether oxygens (including phenoxy) is 1. The van der Waals surface area contributed by atoms with Crippen molar-refractivity contribution in [3.8, 4) is 28.4 Å². The van der Waals surface area contributed by atoms with Gasteiger partial charge in [-0.3, -0.25) is 4.68 Å². The van der Waals surface area contributed by atoms with E-state index >= 15 is 0 Å². The standard InChI is InChI=1S/C20H17ClN4O2/c1-25-18(8-9-22-25)14-4-3-5-15(10-14)20-23-19(27-24-20)11-13-6-7-16(26-2)12-17(13)21/h3-10,12H,11H2,1-2H3. The fourth-order valence-corrected chi connectivity index (χ4v) is 3.12. The SMILES string of the molecule is COc1ccc(Cc2nc(-c3cccc(-c4ccnn4C)c3)no2)c(Cl)c1. The Labute approximate surface area is 161 Å². The van der Waals surface area contributed by atoms with Crippen LogP contribution in [0.25, 0.3) is 22.6 Å². The van der Waals surface area contributed by atoms with E-state index < -0.39 is 0 Å². The normalized spacial score (nSPS) is 10.9. The van der Waals surface area contributed by atoms with Gasteiger partial charge in [0.15, 0.2) is 0 Å². The number of hydrogen-bond acceptors (Lipinski definition) is 5. The summed E-state index contributed by atoms with van der Waals surface area (Å²) >= 11 is 6.30. The van der Waals surface area contributed by atoms with E-state index in [2.05, 4.69) is 15.2 Å². The second-order valence-electron chi connectivity index (χ2n) is 6.07. The summed E-state index contributed by atoms with van der Waals surface area (Å²) in [7, 11) is 3.52. The van der Waals surface area contributed by atoms with Crippen LogP contribution in [0.15, 0.2) is 59.3 Å². The van der Waals surface area contributed by atoms with Crippen LogP contribution in [0, 0.1) is 0 Å². The average Bonchev–Trinajstić information content (AvgIpc) is 3.32. The molecular weight excluding hydrogens is 364 g/mol. The molecule has 6 nitrogen and oxygen atoms in total. The summed E-state index contributed by atoms with van der Waals surface area (Å²) in [6, 6.07) is 15.5. The Morgan fingerprint density at radius 2 is 1.96 bits per heavy atom. The Bertz CT molecular complexity index is 1090. The van der Waals surface area contributed by atoms with E-state index in [4.69, 9.17) is 20.9 Å². The number of rotatable bonds is 5. The van der Waals surface area contributed by atoms with Crippen molar-refractivity contribution >= 4 is 11.6 Å². The van der Waals surface area contributed by atoms with E-state index in [9.17, 15) is 0 Å². The largest absolute Gasteiger partial charge is 0.497 e. The maximum atomic E-state index is 6.30. The molecule has 0 fully saturated rings. The fourth-order valence-electron chi connectivity index (χ4n) is 2.88. The van der Waals surface area contributed by atoms with Gasteiger partial charge in [-0.05, 0) is 29.8 Å². The number of hydrogen-bond donors (Lipinski definition) is 0. The van der Waals surface area contributed by atoms with Crippen LogP contribution in [-0.2, 0) is 13.5 Å². The zero-order chi connectivity index (χ0) is 18.8. The highest BCUT2D eigenvalue weighted by atomic mass is 35.5. The van der Waals surface area contributed by atoms with Crippen LogP contribution in [-0.4, -0.2) is 27.0 Å². The van der Waals surface area contributed by atoms with Gasteiger partial charge in [0.2, 0.25) is 11.7 Å². The van der Waals surface area contributed by atoms with Crippen molar-refractivity contribution in [2.24, 2.45) is 7.05 Å². The van der Waals surface area contributed by atoms with Crippen LogP contribution in [0.1, 0.15) is 11.5 Å². The van der Waals surface area contributed by atoms with Crippen LogP contribution >= 0.6 is 11.6 Å². The highest BCUT2D eigenvalue weighted by molar-refractivity contribution is 6.31. The average molecular weight is 381 g/mol. The maximum Gasteiger partial charge on any atom is 0.231 e. The Hall–Kier alpha value is -3.12. The van der Waals surface area contributed by atoms with Crippen molar-refractivity contribution < 1.29 is 9.26 Å². The lowest BCUT2D eigenvalue weighted by molar-refractivity contribution is 0.385. The Morgan fingerprint density at radius 3 is 2.70 bits per heavy atom. The van der Waals surface area contributed by atoms with Crippen molar-refractivity contribution in [3.63, 3.8) is 0 Å². The summed E-state index contributed by atoms with van der Waals surface area (Å²) in [6.45, 7) is 0. The highest BCUT2D eigenvalue weighted by Crippen LogP contribution is 2.27. The van der Waals surface area contributed by atoms with Gasteiger partial charge in [-0.15, -0.1) is 0 Å². The quantitative estimate of drug-likeness (QED) is 0.513. The van der Waals surface area contributed by atoms with Gasteiger partial charge >= 0.3 is 0 Å². The first-order valence-electron chi connectivity index (χ1n) is 8.38. The molecule has 0 atom stereocenters. The molecule has 0 aliphatic rings. The smallest absolute Gasteiger partial charge is 0.231 e. The van der Waals surface area contributed by atoms with Crippen LogP contribution < -0.4 is 4.74 Å². The van der Waals surface area contributed by atoms with Crippen molar-refractivity contribution in [2.45, 2.75) is 6.42 Å². The molecule has 0 aliphatic carbocycles. The molecule has 0 unspecified atom stereocenters. The van der Waals surface area contributed by atoms with E-state index in [1.165, 1.54) is 0 Å². The molecule has 2 aromatic heterocycles. The summed E-state index contributed by atoms with van der Waals surface area (Å²) < 4.78 is 12.4. The summed E-state index contributed by atoms with van der Waals surface area (Å²) in [4.78, 5) is 4.51. The second kappa shape index (κ2) is 7.25. The molecular formula is C20H17ClN4O2. The number of aromatic nitrogens is 4. The molecule has 27 heavy (non-hydrogen) atoms. The molecule has 7 heteroatoms. The molecule has 2 heterocycles. The minimum Gasteiger partial charge on any atom is -0.497 e. The molecule has 0 radical (unpaired) electrons. The lowest BCUT2D eigenvalue weighted by Crippen LogP contribution is -1.93. The number of methoxy groups -OCH3 is 1. The molecule has 4 rings (SSSR count). The fraction of sp³-hybridized carbons (Fsp3) is 0.150. The molecule has 0 saturated heterocycles. The Morgan fingerprint density at radius 1 is 1.11 bits per heavy atom. The molecule has 0 aliphatic heterocycles. The van der Waals surface area contributed by atoms with Crippen molar-refractivity contribution in [3.05, 3.63) is 71.2 Å². The number of aryl methyl sites for hydroxylation is 1. The van der Waals surface area contributed by atoms with E-state index in [0.717, 1.165) is 22.4 Å². The van der Waals surface area contributed by atoms with Crippen LogP contribution in [0.5, 0.6) is 5.75 Å². The van der Waals surface area contributed by atoms with E-state index in [1.807, 2.05) is 54.2 Å². The van der Waals surface area contributed by atoms with Gasteiger partial charge in [-0.2, -0.15) is 10.1 Å². The topological polar surface area (TPSA) is 66.0 Å². The monoisotopic (exact) mass is 380 g/mol. The van der Waals surface area contributed by atoms with Crippen LogP contribution in [0.2, 0.25) is 5.02 Å². The van der Waals surface area contributed by atoms with Crippen LogP contribution in [0.4, 0.5) is 0 Å². The zero-order valence-electron chi connectivity index (χ0n) is 14.9. The van der Waals surface area contributed by atoms with Gasteiger partial charge in [0.1, 0.15) is 5.75 Å². The first kappa shape index (κ1) is 17.3. The summed E-state index contributed by atoms with van der Waals surface area (Å²) in [6.07, 6.45) is 2.23. The van der Waals surface area contributed by atoms with Gasteiger partial charge in [0, 0.05) is 29.4 Å². The van der Waals surface area contributed by atoms with Gasteiger partial charge in [-0.25, -0.2) is 0 Å². The predicted octanol–water partition coefficient (Wildman–Crippen LogP) is 4.39. The maximum absolute atomic E-state index is 6.30.